The van der Waals surface area contributed by atoms with Crippen molar-refractivity contribution in [3.63, 3.8) is 0 Å². The van der Waals surface area contributed by atoms with Crippen molar-refractivity contribution in [3.05, 3.63) is 35.4 Å². The maximum atomic E-state index is 8.66. The Hall–Kier alpha value is -1.37. The molecule has 72 valence electrons. The van der Waals surface area contributed by atoms with Crippen molar-refractivity contribution >= 4 is 0 Å². The highest BCUT2D eigenvalue weighted by molar-refractivity contribution is 5.33. The molecule has 1 fully saturated rings. The Morgan fingerprint density at radius 1 is 1.21 bits per heavy atom. The highest BCUT2D eigenvalue weighted by Crippen LogP contribution is 2.14. The third kappa shape index (κ3) is 1.92. The number of nitriles is 1. The monoisotopic (exact) mass is 187 g/mol. The molecular formula is C11H13N3. The summed E-state index contributed by atoms with van der Waals surface area (Å²) in [6, 6.07) is 10.3. The molecular weight excluding hydrogens is 174 g/mol. The second kappa shape index (κ2) is 4.23. The van der Waals surface area contributed by atoms with E-state index in [1.54, 1.807) is 0 Å². The Balaban J connectivity index is 2.12. The number of nitrogens with one attached hydrogen (secondary N) is 2. The maximum Gasteiger partial charge on any atom is 0.0991 e. The summed E-state index contributed by atoms with van der Waals surface area (Å²) >= 11 is 0. The van der Waals surface area contributed by atoms with Gasteiger partial charge in [-0.2, -0.15) is 5.26 Å². The molecule has 0 saturated carbocycles. The van der Waals surface area contributed by atoms with Gasteiger partial charge in [-0.1, -0.05) is 12.1 Å². The summed E-state index contributed by atoms with van der Waals surface area (Å²) in [6.07, 6.45) is 0. The second-order valence-electron chi connectivity index (χ2n) is 3.44. The summed E-state index contributed by atoms with van der Waals surface area (Å²) in [5.74, 6) is 0. The molecule has 1 heterocycles. The van der Waals surface area contributed by atoms with Crippen LogP contribution in [0, 0.1) is 11.3 Å². The van der Waals surface area contributed by atoms with Crippen LogP contribution in [0.2, 0.25) is 0 Å². The van der Waals surface area contributed by atoms with E-state index in [1.165, 1.54) is 5.56 Å². The lowest BCUT2D eigenvalue weighted by molar-refractivity contribution is 0.430. The zero-order chi connectivity index (χ0) is 9.80. The standard InChI is InChI=1S/C11H13N3/c12-7-9-1-3-10(4-2-9)11-8-13-5-6-14-11/h1-4,11,13-14H,5-6,8H2/t11-/m1/s1. The van der Waals surface area contributed by atoms with Crippen molar-refractivity contribution in [2.45, 2.75) is 6.04 Å². The van der Waals surface area contributed by atoms with Crippen LogP contribution < -0.4 is 10.6 Å². The fraction of sp³-hybridized carbons (Fsp3) is 0.364. The Labute approximate surface area is 83.7 Å². The molecule has 1 aliphatic heterocycles. The van der Waals surface area contributed by atoms with Gasteiger partial charge in [0, 0.05) is 25.7 Å². The van der Waals surface area contributed by atoms with E-state index in [0.29, 0.717) is 6.04 Å². The number of hydrogen-bond acceptors (Lipinski definition) is 3. The smallest absolute Gasteiger partial charge is 0.0991 e. The Morgan fingerprint density at radius 3 is 2.57 bits per heavy atom. The van der Waals surface area contributed by atoms with Gasteiger partial charge in [0.15, 0.2) is 0 Å². The fourth-order valence-corrected chi connectivity index (χ4v) is 1.68. The molecule has 2 rings (SSSR count). The largest absolute Gasteiger partial charge is 0.314 e. The Morgan fingerprint density at radius 2 is 2.00 bits per heavy atom. The van der Waals surface area contributed by atoms with Gasteiger partial charge in [0.1, 0.15) is 0 Å². The first-order valence-corrected chi connectivity index (χ1v) is 4.84. The minimum absolute atomic E-state index is 0.386. The summed E-state index contributed by atoms with van der Waals surface area (Å²) in [5.41, 5.74) is 1.97. The van der Waals surface area contributed by atoms with Gasteiger partial charge in [-0.05, 0) is 17.7 Å². The van der Waals surface area contributed by atoms with Crippen molar-refractivity contribution in [1.82, 2.24) is 10.6 Å². The molecule has 0 aliphatic carbocycles. The van der Waals surface area contributed by atoms with E-state index in [4.69, 9.17) is 5.26 Å². The molecule has 1 aromatic rings. The van der Waals surface area contributed by atoms with Crippen molar-refractivity contribution in [2.75, 3.05) is 19.6 Å². The molecule has 14 heavy (non-hydrogen) atoms. The van der Waals surface area contributed by atoms with E-state index >= 15 is 0 Å². The average Bonchev–Trinajstić information content (AvgIpc) is 2.30. The van der Waals surface area contributed by atoms with E-state index in [9.17, 15) is 0 Å². The summed E-state index contributed by atoms with van der Waals surface area (Å²) < 4.78 is 0. The van der Waals surface area contributed by atoms with Crippen molar-refractivity contribution in [2.24, 2.45) is 0 Å². The fourth-order valence-electron chi connectivity index (χ4n) is 1.68. The van der Waals surface area contributed by atoms with Crippen LogP contribution in [0.4, 0.5) is 0 Å². The van der Waals surface area contributed by atoms with Crippen LogP contribution in [0.1, 0.15) is 17.2 Å². The van der Waals surface area contributed by atoms with Crippen molar-refractivity contribution < 1.29 is 0 Å². The van der Waals surface area contributed by atoms with Gasteiger partial charge >= 0.3 is 0 Å². The molecule has 3 nitrogen and oxygen atoms in total. The van der Waals surface area contributed by atoms with E-state index in [2.05, 4.69) is 16.7 Å². The van der Waals surface area contributed by atoms with Crippen LogP contribution in [-0.4, -0.2) is 19.6 Å². The molecule has 0 bridgehead atoms. The highest BCUT2D eigenvalue weighted by Gasteiger charge is 2.13. The topological polar surface area (TPSA) is 47.9 Å². The van der Waals surface area contributed by atoms with Gasteiger partial charge < -0.3 is 10.6 Å². The van der Waals surface area contributed by atoms with Crippen molar-refractivity contribution in [1.29, 1.82) is 5.26 Å². The molecule has 0 amide bonds. The van der Waals surface area contributed by atoms with Gasteiger partial charge in [0.25, 0.3) is 0 Å². The molecule has 0 aromatic heterocycles. The van der Waals surface area contributed by atoms with Gasteiger partial charge in [0.2, 0.25) is 0 Å². The summed E-state index contributed by atoms with van der Waals surface area (Å²) in [4.78, 5) is 0. The first-order valence-electron chi connectivity index (χ1n) is 4.84. The first-order chi connectivity index (χ1) is 6.90. The second-order valence-corrected chi connectivity index (χ2v) is 3.44. The summed E-state index contributed by atoms with van der Waals surface area (Å²) in [5, 5.41) is 15.4. The summed E-state index contributed by atoms with van der Waals surface area (Å²) in [7, 11) is 0. The molecule has 1 aromatic carbocycles. The van der Waals surface area contributed by atoms with Crippen LogP contribution in [0.5, 0.6) is 0 Å². The molecule has 0 radical (unpaired) electrons. The van der Waals surface area contributed by atoms with E-state index in [1.807, 2.05) is 24.3 Å². The van der Waals surface area contributed by atoms with E-state index in [-0.39, 0.29) is 0 Å². The lowest BCUT2D eigenvalue weighted by Crippen LogP contribution is -2.42. The molecule has 0 spiro atoms. The lowest BCUT2D eigenvalue weighted by atomic mass is 10.0. The van der Waals surface area contributed by atoms with Crippen LogP contribution >= 0.6 is 0 Å². The van der Waals surface area contributed by atoms with E-state index < -0.39 is 0 Å². The van der Waals surface area contributed by atoms with Crippen molar-refractivity contribution in [3.8, 4) is 6.07 Å². The average molecular weight is 187 g/mol. The quantitative estimate of drug-likeness (QED) is 0.683. The van der Waals surface area contributed by atoms with Gasteiger partial charge in [-0.15, -0.1) is 0 Å². The number of piperazine rings is 1. The first kappa shape index (κ1) is 9.20. The number of benzene rings is 1. The normalized spacial score (nSPS) is 21.5. The molecule has 3 heteroatoms. The van der Waals surface area contributed by atoms with Gasteiger partial charge in [-0.25, -0.2) is 0 Å². The number of hydrogen-bond donors (Lipinski definition) is 2. The number of nitrogens with zero attached hydrogens (tertiary/aromatic N) is 1. The maximum absolute atomic E-state index is 8.66. The van der Waals surface area contributed by atoms with Crippen LogP contribution in [0.25, 0.3) is 0 Å². The predicted octanol–water partition coefficient (Wildman–Crippen LogP) is 0.792. The predicted molar refractivity (Wildman–Crippen MR) is 54.8 cm³/mol. The zero-order valence-electron chi connectivity index (χ0n) is 7.96. The van der Waals surface area contributed by atoms with Crippen LogP contribution in [0.3, 0.4) is 0 Å². The third-order valence-electron chi connectivity index (χ3n) is 2.48. The number of rotatable bonds is 1. The molecule has 0 unspecified atom stereocenters. The van der Waals surface area contributed by atoms with Crippen LogP contribution in [0.15, 0.2) is 24.3 Å². The minimum atomic E-state index is 0.386. The lowest BCUT2D eigenvalue weighted by Gasteiger charge is -2.24. The molecule has 1 saturated heterocycles. The summed E-state index contributed by atoms with van der Waals surface area (Å²) in [6.45, 7) is 3.00. The highest BCUT2D eigenvalue weighted by atomic mass is 15.1. The Bertz CT molecular complexity index is 331. The minimum Gasteiger partial charge on any atom is -0.314 e. The molecule has 2 N–H and O–H groups in total. The van der Waals surface area contributed by atoms with Gasteiger partial charge in [0.05, 0.1) is 11.6 Å². The third-order valence-corrected chi connectivity index (χ3v) is 2.48. The SMILES string of the molecule is N#Cc1ccc([C@H]2CNCCN2)cc1. The zero-order valence-corrected chi connectivity index (χ0v) is 7.96. The van der Waals surface area contributed by atoms with E-state index in [0.717, 1.165) is 25.2 Å². The van der Waals surface area contributed by atoms with Gasteiger partial charge in [-0.3, -0.25) is 0 Å². The Kier molecular flexibility index (Phi) is 2.78. The molecule has 1 atom stereocenters. The van der Waals surface area contributed by atoms with Crippen LogP contribution in [-0.2, 0) is 0 Å². The molecule has 1 aliphatic rings.